The molecule has 1 atom stereocenters. The highest BCUT2D eigenvalue weighted by molar-refractivity contribution is 7.98. The fourth-order valence-corrected chi connectivity index (χ4v) is 4.25. The van der Waals surface area contributed by atoms with E-state index in [2.05, 4.69) is 15.5 Å². The number of benzene rings is 2. The Hall–Kier alpha value is -3.50. The van der Waals surface area contributed by atoms with Crippen LogP contribution in [0.25, 0.3) is 17.0 Å². The second kappa shape index (κ2) is 10.2. The number of urea groups is 1. The van der Waals surface area contributed by atoms with Crippen molar-refractivity contribution in [3.8, 4) is 22.9 Å². The Morgan fingerprint density at radius 1 is 1.21 bits per heavy atom. The molecule has 2 N–H and O–H groups in total. The van der Waals surface area contributed by atoms with E-state index in [4.69, 9.17) is 14.0 Å². The van der Waals surface area contributed by atoms with Gasteiger partial charge in [-0.1, -0.05) is 11.2 Å². The van der Waals surface area contributed by atoms with Crippen LogP contribution in [-0.2, 0) is 4.74 Å². The van der Waals surface area contributed by atoms with Gasteiger partial charge in [0.2, 0.25) is 5.82 Å². The molecule has 178 valence electrons. The van der Waals surface area contributed by atoms with E-state index in [0.29, 0.717) is 41.6 Å². The van der Waals surface area contributed by atoms with Crippen molar-refractivity contribution in [3.05, 3.63) is 59.6 Å². The highest BCUT2D eigenvalue weighted by atomic mass is 32.2. The van der Waals surface area contributed by atoms with Gasteiger partial charge in [0.25, 0.3) is 5.89 Å². The van der Waals surface area contributed by atoms with Gasteiger partial charge in [-0.05, 0) is 55.1 Å². The quantitative estimate of drug-likeness (QED) is 0.457. The average Bonchev–Trinajstić information content (AvgIpc) is 3.33. The number of phenols is 1. The normalized spacial score (nSPS) is 16.1. The van der Waals surface area contributed by atoms with Crippen LogP contribution in [0.1, 0.15) is 24.4 Å². The first-order chi connectivity index (χ1) is 16.5. The summed E-state index contributed by atoms with van der Waals surface area (Å²) < 4.78 is 16.0. The van der Waals surface area contributed by atoms with Gasteiger partial charge in [0.1, 0.15) is 0 Å². The van der Waals surface area contributed by atoms with Crippen LogP contribution in [0.2, 0.25) is 0 Å². The molecule has 3 aromatic rings. The number of amides is 2. The minimum Gasteiger partial charge on any atom is -0.504 e. The van der Waals surface area contributed by atoms with E-state index in [0.717, 1.165) is 10.5 Å². The van der Waals surface area contributed by atoms with Gasteiger partial charge < -0.3 is 24.4 Å². The SMILES string of the molecule is COCCN1C(=O)NC(c2ccc(OC)c(O)c2)C(c2nc(-c3ccc(SC)cc3)no2)=C1C. The molecule has 2 amide bonds. The summed E-state index contributed by atoms with van der Waals surface area (Å²) in [6.45, 7) is 2.55. The van der Waals surface area contributed by atoms with Crippen LogP contribution in [0, 0.1) is 0 Å². The molecule has 1 unspecified atom stereocenters. The second-order valence-electron chi connectivity index (χ2n) is 7.61. The summed E-state index contributed by atoms with van der Waals surface area (Å²) in [5.41, 5.74) is 2.77. The third-order valence-corrected chi connectivity index (χ3v) is 6.40. The molecule has 10 heteroatoms. The predicted octanol–water partition coefficient (Wildman–Crippen LogP) is 4.32. The first-order valence-corrected chi connectivity index (χ1v) is 11.8. The van der Waals surface area contributed by atoms with Crippen LogP contribution >= 0.6 is 11.8 Å². The number of ether oxygens (including phenoxy) is 2. The lowest BCUT2D eigenvalue weighted by molar-refractivity contribution is 0.158. The molecule has 34 heavy (non-hydrogen) atoms. The maximum absolute atomic E-state index is 12.9. The van der Waals surface area contributed by atoms with Gasteiger partial charge in [0, 0.05) is 23.3 Å². The average molecular weight is 483 g/mol. The summed E-state index contributed by atoms with van der Waals surface area (Å²) in [5, 5.41) is 17.5. The number of rotatable bonds is 8. The Bertz CT molecular complexity index is 1210. The lowest BCUT2D eigenvalue weighted by Crippen LogP contribution is -2.47. The van der Waals surface area contributed by atoms with Gasteiger partial charge in [-0.3, -0.25) is 4.90 Å². The highest BCUT2D eigenvalue weighted by Gasteiger charge is 2.36. The van der Waals surface area contributed by atoms with Crippen LogP contribution in [0.4, 0.5) is 4.79 Å². The number of allylic oxidation sites excluding steroid dienone is 1. The van der Waals surface area contributed by atoms with E-state index in [-0.39, 0.29) is 17.7 Å². The number of carbonyl (C=O) groups excluding carboxylic acids is 1. The summed E-state index contributed by atoms with van der Waals surface area (Å²) in [6, 6.07) is 11.9. The van der Waals surface area contributed by atoms with Crippen molar-refractivity contribution in [3.63, 3.8) is 0 Å². The molecule has 1 aromatic heterocycles. The lowest BCUT2D eigenvalue weighted by atomic mass is 9.94. The van der Waals surface area contributed by atoms with E-state index in [1.54, 1.807) is 42.0 Å². The molecule has 1 aliphatic heterocycles. The number of aromatic hydroxyl groups is 1. The molecule has 2 aromatic carbocycles. The number of thioether (sulfide) groups is 1. The van der Waals surface area contributed by atoms with Crippen molar-refractivity contribution in [2.75, 3.05) is 33.6 Å². The topological polar surface area (TPSA) is 110 Å². The molecule has 4 rings (SSSR count). The van der Waals surface area contributed by atoms with Crippen molar-refractivity contribution >= 4 is 23.4 Å². The molecule has 9 nitrogen and oxygen atoms in total. The fraction of sp³-hybridized carbons (Fsp3) is 0.292. The van der Waals surface area contributed by atoms with Crippen LogP contribution in [0.5, 0.6) is 11.5 Å². The third-order valence-electron chi connectivity index (χ3n) is 5.66. The largest absolute Gasteiger partial charge is 0.504 e. The van der Waals surface area contributed by atoms with Crippen LogP contribution < -0.4 is 10.1 Å². The molecule has 0 saturated carbocycles. The number of hydrogen-bond acceptors (Lipinski definition) is 8. The lowest BCUT2D eigenvalue weighted by Gasteiger charge is -2.35. The first-order valence-electron chi connectivity index (χ1n) is 10.6. The Morgan fingerprint density at radius 2 is 1.97 bits per heavy atom. The molecule has 0 radical (unpaired) electrons. The predicted molar refractivity (Wildman–Crippen MR) is 129 cm³/mol. The Balaban J connectivity index is 1.78. The standard InChI is InChI=1S/C24H26N4O5S/c1-14-20(23-26-22(27-33-23)15-5-8-17(34-4)9-6-15)21(25-24(30)28(14)11-12-31-2)16-7-10-19(32-3)18(29)13-16/h5-10,13,21,29H,11-12H2,1-4H3,(H,25,30). The fourth-order valence-electron chi connectivity index (χ4n) is 3.84. The van der Waals surface area contributed by atoms with Gasteiger partial charge in [-0.2, -0.15) is 4.98 Å². The van der Waals surface area contributed by atoms with E-state index < -0.39 is 6.04 Å². The van der Waals surface area contributed by atoms with Crippen LogP contribution in [-0.4, -0.2) is 59.8 Å². The van der Waals surface area contributed by atoms with Gasteiger partial charge in [-0.15, -0.1) is 11.8 Å². The molecule has 0 fully saturated rings. The number of hydrogen-bond donors (Lipinski definition) is 2. The number of aromatic nitrogens is 2. The Kier molecular flexibility index (Phi) is 7.09. The van der Waals surface area contributed by atoms with Gasteiger partial charge >= 0.3 is 6.03 Å². The van der Waals surface area contributed by atoms with Gasteiger partial charge in [-0.25, -0.2) is 4.79 Å². The van der Waals surface area contributed by atoms with E-state index in [1.807, 2.05) is 37.4 Å². The third kappa shape index (κ3) is 4.59. The minimum absolute atomic E-state index is 0.0341. The number of phenolic OH excluding ortho intramolecular Hbond substituents is 1. The van der Waals surface area contributed by atoms with Gasteiger partial charge in [0.05, 0.1) is 31.9 Å². The summed E-state index contributed by atoms with van der Waals surface area (Å²) in [7, 11) is 3.06. The molecular weight excluding hydrogens is 456 g/mol. The summed E-state index contributed by atoms with van der Waals surface area (Å²) in [4.78, 5) is 20.3. The van der Waals surface area contributed by atoms with E-state index in [9.17, 15) is 9.90 Å². The van der Waals surface area contributed by atoms with Crippen molar-refractivity contribution in [2.24, 2.45) is 0 Å². The zero-order chi connectivity index (χ0) is 24.2. The van der Waals surface area contributed by atoms with E-state index in [1.165, 1.54) is 7.11 Å². The maximum atomic E-state index is 12.9. The van der Waals surface area contributed by atoms with E-state index >= 15 is 0 Å². The van der Waals surface area contributed by atoms with Crippen molar-refractivity contribution in [2.45, 2.75) is 17.9 Å². The first kappa shape index (κ1) is 23.7. The minimum atomic E-state index is -0.615. The molecule has 0 saturated heterocycles. The number of carbonyl (C=O) groups is 1. The molecule has 0 spiro atoms. The van der Waals surface area contributed by atoms with Crippen molar-refractivity contribution in [1.29, 1.82) is 0 Å². The van der Waals surface area contributed by atoms with Crippen molar-refractivity contribution < 1.29 is 23.9 Å². The van der Waals surface area contributed by atoms with Crippen LogP contribution in [0.3, 0.4) is 0 Å². The Labute approximate surface area is 201 Å². The van der Waals surface area contributed by atoms with Crippen molar-refractivity contribution in [1.82, 2.24) is 20.4 Å². The summed E-state index contributed by atoms with van der Waals surface area (Å²) >= 11 is 1.65. The van der Waals surface area contributed by atoms with Gasteiger partial charge in [0.15, 0.2) is 11.5 Å². The highest BCUT2D eigenvalue weighted by Crippen LogP contribution is 2.39. The molecule has 0 aliphatic carbocycles. The maximum Gasteiger partial charge on any atom is 0.322 e. The summed E-state index contributed by atoms with van der Waals surface area (Å²) in [5.74, 6) is 1.03. The zero-order valence-electron chi connectivity index (χ0n) is 19.4. The number of nitrogens with zero attached hydrogens (tertiary/aromatic N) is 3. The molecule has 2 heterocycles. The number of methoxy groups -OCH3 is 2. The van der Waals surface area contributed by atoms with Crippen LogP contribution in [0.15, 0.2) is 57.6 Å². The summed E-state index contributed by atoms with van der Waals surface area (Å²) in [6.07, 6.45) is 2.01. The zero-order valence-corrected chi connectivity index (χ0v) is 20.2. The number of nitrogens with one attached hydrogen (secondary N) is 1. The Morgan fingerprint density at radius 3 is 2.62 bits per heavy atom. The molecule has 1 aliphatic rings. The second-order valence-corrected chi connectivity index (χ2v) is 8.49. The molecular formula is C24H26N4O5S. The molecule has 0 bridgehead atoms. The smallest absolute Gasteiger partial charge is 0.322 e. The monoisotopic (exact) mass is 482 g/mol.